The molecule has 4 nitrogen and oxygen atoms in total. The lowest BCUT2D eigenvalue weighted by Gasteiger charge is -2.11. The molecular weight excluding hydrogens is 348 g/mol. The molecule has 27 heavy (non-hydrogen) atoms. The summed E-state index contributed by atoms with van der Waals surface area (Å²) in [5, 5.41) is 3.25. The Balaban J connectivity index is 1.49. The van der Waals surface area contributed by atoms with Crippen LogP contribution in [-0.2, 0) is 6.54 Å². The molecule has 0 aliphatic rings. The number of aromatic nitrogens is 2. The van der Waals surface area contributed by atoms with Crippen molar-refractivity contribution >= 4 is 16.6 Å². The highest BCUT2D eigenvalue weighted by Crippen LogP contribution is 2.27. The van der Waals surface area contributed by atoms with Gasteiger partial charge in [0, 0.05) is 30.7 Å². The zero-order chi connectivity index (χ0) is 18.6. The minimum atomic E-state index is -0.556. The molecule has 0 radical (unpaired) electrons. The molecule has 1 N–H and O–H groups in total. The maximum Gasteiger partial charge on any atom is 0.219 e. The van der Waals surface area contributed by atoms with E-state index >= 15 is 0 Å². The minimum Gasteiger partial charge on any atom is -0.439 e. The maximum absolute atomic E-state index is 14.1. The van der Waals surface area contributed by atoms with Gasteiger partial charge >= 0.3 is 0 Å². The van der Waals surface area contributed by atoms with Crippen molar-refractivity contribution in [2.75, 3.05) is 5.32 Å². The van der Waals surface area contributed by atoms with E-state index in [1.54, 1.807) is 18.3 Å². The van der Waals surface area contributed by atoms with Crippen LogP contribution in [0.5, 0.6) is 11.6 Å². The topological polar surface area (TPSA) is 47.0 Å². The van der Waals surface area contributed by atoms with Gasteiger partial charge in [-0.15, -0.1) is 0 Å². The van der Waals surface area contributed by atoms with E-state index in [1.807, 2.05) is 36.4 Å². The van der Waals surface area contributed by atoms with E-state index in [2.05, 4.69) is 15.3 Å². The quantitative estimate of drug-likeness (QED) is 0.522. The molecule has 0 unspecified atom stereocenters. The summed E-state index contributed by atoms with van der Waals surface area (Å²) in [5.74, 6) is 0.106. The highest BCUT2D eigenvalue weighted by Gasteiger charge is 2.11. The highest BCUT2D eigenvalue weighted by atomic mass is 19.1. The number of rotatable bonds is 5. The Labute approximate surface area is 154 Å². The largest absolute Gasteiger partial charge is 0.439 e. The number of halogens is 2. The molecular formula is C21H15F2N3O. The number of nitrogens with one attached hydrogen (secondary N) is 1. The molecule has 2 heterocycles. The van der Waals surface area contributed by atoms with Crippen molar-refractivity contribution in [3.05, 3.63) is 90.3 Å². The normalized spacial score (nSPS) is 10.7. The SMILES string of the molecule is Fc1ccc(F)c2c(NCc3ccc(Oc4ccccc4)nc3)ccnc12. The number of hydrogen-bond donors (Lipinski definition) is 1. The Hall–Kier alpha value is -3.54. The van der Waals surface area contributed by atoms with E-state index in [1.165, 1.54) is 6.20 Å². The Morgan fingerprint density at radius 2 is 1.67 bits per heavy atom. The molecule has 2 aromatic carbocycles. The zero-order valence-electron chi connectivity index (χ0n) is 14.2. The van der Waals surface area contributed by atoms with Gasteiger partial charge in [0.2, 0.25) is 5.88 Å². The van der Waals surface area contributed by atoms with Gasteiger partial charge in [0.15, 0.2) is 0 Å². The second kappa shape index (κ2) is 7.37. The van der Waals surface area contributed by atoms with Gasteiger partial charge in [-0.2, -0.15) is 0 Å². The lowest BCUT2D eigenvalue weighted by atomic mass is 10.1. The molecule has 134 valence electrons. The summed E-state index contributed by atoms with van der Waals surface area (Å²) in [4.78, 5) is 8.20. The first kappa shape index (κ1) is 16.9. The van der Waals surface area contributed by atoms with E-state index in [0.29, 0.717) is 23.9 Å². The Bertz CT molecular complexity index is 1070. The van der Waals surface area contributed by atoms with Crippen LogP contribution in [0.2, 0.25) is 0 Å². The van der Waals surface area contributed by atoms with Gasteiger partial charge < -0.3 is 10.1 Å². The molecule has 0 bridgehead atoms. The van der Waals surface area contributed by atoms with Crippen LogP contribution in [-0.4, -0.2) is 9.97 Å². The standard InChI is InChI=1S/C21H15F2N3O/c22-16-7-8-17(23)21-20(16)18(10-11-24-21)25-12-14-6-9-19(26-13-14)27-15-4-2-1-3-5-15/h1-11,13H,12H2,(H,24,25). The van der Waals surface area contributed by atoms with Crippen molar-refractivity contribution in [3.63, 3.8) is 0 Å². The van der Waals surface area contributed by atoms with E-state index in [9.17, 15) is 8.78 Å². The summed E-state index contributed by atoms with van der Waals surface area (Å²) in [6.45, 7) is 0.397. The fourth-order valence-electron chi connectivity index (χ4n) is 2.72. The predicted molar refractivity (Wildman–Crippen MR) is 99.7 cm³/mol. The molecule has 6 heteroatoms. The van der Waals surface area contributed by atoms with E-state index in [0.717, 1.165) is 17.7 Å². The summed E-state index contributed by atoms with van der Waals surface area (Å²) in [6.07, 6.45) is 3.12. The van der Waals surface area contributed by atoms with Gasteiger partial charge in [-0.05, 0) is 35.9 Å². The van der Waals surface area contributed by atoms with Crippen LogP contribution in [0.4, 0.5) is 14.5 Å². The average molecular weight is 363 g/mol. The lowest BCUT2D eigenvalue weighted by molar-refractivity contribution is 0.462. The van der Waals surface area contributed by atoms with Gasteiger partial charge in [-0.1, -0.05) is 24.3 Å². The van der Waals surface area contributed by atoms with Crippen molar-refractivity contribution in [3.8, 4) is 11.6 Å². The van der Waals surface area contributed by atoms with Crippen molar-refractivity contribution < 1.29 is 13.5 Å². The molecule has 0 saturated carbocycles. The lowest BCUT2D eigenvalue weighted by Crippen LogP contribution is -2.02. The number of ether oxygens (including phenoxy) is 1. The van der Waals surface area contributed by atoms with E-state index < -0.39 is 11.6 Å². The van der Waals surface area contributed by atoms with Crippen LogP contribution < -0.4 is 10.1 Å². The number of pyridine rings is 2. The van der Waals surface area contributed by atoms with Crippen LogP contribution in [0.1, 0.15) is 5.56 Å². The predicted octanol–water partition coefficient (Wildman–Crippen LogP) is 5.31. The molecule has 4 rings (SSSR count). The van der Waals surface area contributed by atoms with Crippen molar-refractivity contribution in [1.82, 2.24) is 9.97 Å². The second-order valence-electron chi connectivity index (χ2n) is 5.88. The van der Waals surface area contributed by atoms with E-state index in [4.69, 9.17) is 4.74 Å². The number of anilines is 1. The van der Waals surface area contributed by atoms with Crippen LogP contribution in [0.25, 0.3) is 10.9 Å². The van der Waals surface area contributed by atoms with E-state index in [-0.39, 0.29) is 10.9 Å². The molecule has 0 spiro atoms. The number of fused-ring (bicyclic) bond motifs is 1. The first-order chi connectivity index (χ1) is 13.2. The summed E-state index contributed by atoms with van der Waals surface area (Å²) in [5.41, 5.74) is 1.35. The van der Waals surface area contributed by atoms with Gasteiger partial charge in [0.1, 0.15) is 22.9 Å². The fourth-order valence-corrected chi connectivity index (χ4v) is 2.72. The molecule has 2 aromatic heterocycles. The molecule has 0 aliphatic heterocycles. The third-order valence-electron chi connectivity index (χ3n) is 4.04. The van der Waals surface area contributed by atoms with Crippen molar-refractivity contribution in [2.24, 2.45) is 0 Å². The first-order valence-corrected chi connectivity index (χ1v) is 8.35. The molecule has 0 fully saturated rings. The van der Waals surface area contributed by atoms with Gasteiger partial charge in [0.05, 0.1) is 5.39 Å². The number of nitrogens with zero attached hydrogens (tertiary/aromatic N) is 2. The zero-order valence-corrected chi connectivity index (χ0v) is 14.2. The van der Waals surface area contributed by atoms with Gasteiger partial charge in [-0.25, -0.2) is 13.8 Å². The van der Waals surface area contributed by atoms with Crippen molar-refractivity contribution in [1.29, 1.82) is 0 Å². The van der Waals surface area contributed by atoms with Crippen molar-refractivity contribution in [2.45, 2.75) is 6.54 Å². The maximum atomic E-state index is 14.1. The monoisotopic (exact) mass is 363 g/mol. The molecule has 0 saturated heterocycles. The fraction of sp³-hybridized carbons (Fsp3) is 0.0476. The minimum absolute atomic E-state index is 0.00438. The molecule has 0 aliphatic carbocycles. The Kier molecular flexibility index (Phi) is 4.61. The first-order valence-electron chi connectivity index (χ1n) is 8.35. The number of para-hydroxylation sites is 1. The molecule has 0 amide bonds. The number of hydrogen-bond acceptors (Lipinski definition) is 4. The van der Waals surface area contributed by atoms with Crippen LogP contribution in [0.3, 0.4) is 0 Å². The van der Waals surface area contributed by atoms with Crippen LogP contribution >= 0.6 is 0 Å². The Morgan fingerprint density at radius 1 is 0.852 bits per heavy atom. The molecule has 4 aromatic rings. The summed E-state index contributed by atoms with van der Waals surface area (Å²) >= 11 is 0. The second-order valence-corrected chi connectivity index (χ2v) is 5.88. The summed E-state index contributed by atoms with van der Waals surface area (Å²) in [6, 6.07) is 16.8. The average Bonchev–Trinajstić information content (AvgIpc) is 2.71. The Morgan fingerprint density at radius 3 is 2.44 bits per heavy atom. The summed E-state index contributed by atoms with van der Waals surface area (Å²) < 4.78 is 33.6. The summed E-state index contributed by atoms with van der Waals surface area (Å²) in [7, 11) is 0. The van der Waals surface area contributed by atoms with Gasteiger partial charge in [-0.3, -0.25) is 4.98 Å². The van der Waals surface area contributed by atoms with Gasteiger partial charge in [0.25, 0.3) is 0 Å². The third kappa shape index (κ3) is 3.69. The number of benzene rings is 2. The van der Waals surface area contributed by atoms with Crippen LogP contribution in [0, 0.1) is 11.6 Å². The smallest absolute Gasteiger partial charge is 0.219 e. The molecule has 0 atom stereocenters. The van der Waals surface area contributed by atoms with Crippen LogP contribution in [0.15, 0.2) is 73.1 Å². The third-order valence-corrected chi connectivity index (χ3v) is 4.04. The highest BCUT2D eigenvalue weighted by molar-refractivity contribution is 5.91.